The number of piperidine rings is 1. The molecule has 6 nitrogen and oxygen atoms in total. The van der Waals surface area contributed by atoms with Crippen LogP contribution < -0.4 is 4.90 Å². The highest BCUT2D eigenvalue weighted by Crippen LogP contribution is 2.28. The van der Waals surface area contributed by atoms with Crippen LogP contribution >= 0.6 is 0 Å². The highest BCUT2D eigenvalue weighted by atomic mass is 19.1. The van der Waals surface area contributed by atoms with E-state index in [1.807, 2.05) is 0 Å². The summed E-state index contributed by atoms with van der Waals surface area (Å²) >= 11 is 0. The van der Waals surface area contributed by atoms with Gasteiger partial charge >= 0.3 is 0 Å². The molecule has 1 aromatic rings. The monoisotopic (exact) mass is 336 g/mol. The topological polar surface area (TPSA) is 50.7 Å². The molecule has 0 N–H and O–H groups in total. The third-order valence-electron chi connectivity index (χ3n) is 5.47. The fourth-order valence-electron chi connectivity index (χ4n) is 4.11. The van der Waals surface area contributed by atoms with Crippen molar-refractivity contribution >= 4 is 5.95 Å². The molecule has 3 aliphatic heterocycles. The molecule has 0 saturated carbocycles. The summed E-state index contributed by atoms with van der Waals surface area (Å²) in [5, 5.41) is 0. The smallest absolute Gasteiger partial charge is 0.225 e. The lowest BCUT2D eigenvalue weighted by Crippen LogP contribution is -2.49. The third-order valence-corrected chi connectivity index (χ3v) is 5.47. The summed E-state index contributed by atoms with van der Waals surface area (Å²) in [7, 11) is 0. The first-order valence-electron chi connectivity index (χ1n) is 8.95. The SMILES string of the molecule is Fc1cnc(N2CC[C@@H]3CN(C4CCOCC4)CCO[C@@H]3C2)nc1. The molecule has 0 spiro atoms. The van der Waals surface area contributed by atoms with Crippen LogP contribution in [0.2, 0.25) is 0 Å². The molecular weight excluding hydrogens is 311 g/mol. The summed E-state index contributed by atoms with van der Waals surface area (Å²) in [6.45, 7) is 6.34. The van der Waals surface area contributed by atoms with Gasteiger partial charge in [0.2, 0.25) is 5.95 Å². The minimum atomic E-state index is -0.397. The van der Waals surface area contributed by atoms with Crippen LogP contribution in [0.1, 0.15) is 19.3 Å². The van der Waals surface area contributed by atoms with E-state index in [1.54, 1.807) is 0 Å². The van der Waals surface area contributed by atoms with Crippen LogP contribution in [-0.2, 0) is 9.47 Å². The molecule has 3 aliphatic rings. The highest BCUT2D eigenvalue weighted by Gasteiger charge is 2.36. The number of rotatable bonds is 2. The Kier molecular flexibility index (Phi) is 4.91. The molecule has 132 valence electrons. The van der Waals surface area contributed by atoms with Crippen LogP contribution in [0.15, 0.2) is 12.4 Å². The van der Waals surface area contributed by atoms with E-state index in [1.165, 1.54) is 12.4 Å². The number of anilines is 1. The van der Waals surface area contributed by atoms with Crippen molar-refractivity contribution in [2.24, 2.45) is 5.92 Å². The third kappa shape index (κ3) is 3.53. The molecule has 0 amide bonds. The van der Waals surface area contributed by atoms with Crippen LogP contribution in [-0.4, -0.2) is 73.0 Å². The van der Waals surface area contributed by atoms with Crippen molar-refractivity contribution in [1.29, 1.82) is 0 Å². The summed E-state index contributed by atoms with van der Waals surface area (Å²) < 4.78 is 24.7. The number of hydrogen-bond donors (Lipinski definition) is 0. The summed E-state index contributed by atoms with van der Waals surface area (Å²) in [5.74, 6) is 0.752. The standard InChI is InChI=1S/C17H25FN4O2/c18-14-9-19-17(20-10-14)22-4-1-13-11-21(5-8-24-16(13)12-22)15-2-6-23-7-3-15/h9-10,13,15-16H,1-8,11-12H2/t13-,16-/m1/s1. The van der Waals surface area contributed by atoms with Crippen molar-refractivity contribution in [3.8, 4) is 0 Å². The normalized spacial score (nSPS) is 30.0. The van der Waals surface area contributed by atoms with Crippen molar-refractivity contribution in [2.45, 2.75) is 31.4 Å². The molecule has 0 aliphatic carbocycles. The molecule has 4 heterocycles. The Morgan fingerprint density at radius 1 is 1.00 bits per heavy atom. The maximum absolute atomic E-state index is 13.0. The number of aromatic nitrogens is 2. The van der Waals surface area contributed by atoms with Gasteiger partial charge in [0, 0.05) is 51.4 Å². The van der Waals surface area contributed by atoms with E-state index >= 15 is 0 Å². The quantitative estimate of drug-likeness (QED) is 0.812. The number of hydrogen-bond acceptors (Lipinski definition) is 6. The Morgan fingerprint density at radius 3 is 2.58 bits per heavy atom. The van der Waals surface area contributed by atoms with Gasteiger partial charge in [-0.05, 0) is 19.3 Å². The Bertz CT molecular complexity index is 538. The summed E-state index contributed by atoms with van der Waals surface area (Å²) in [6.07, 6.45) is 5.99. The molecule has 3 saturated heterocycles. The summed E-state index contributed by atoms with van der Waals surface area (Å²) in [5.41, 5.74) is 0. The molecule has 1 aromatic heterocycles. The van der Waals surface area contributed by atoms with E-state index in [2.05, 4.69) is 19.8 Å². The van der Waals surface area contributed by atoms with Crippen LogP contribution in [0.3, 0.4) is 0 Å². The van der Waals surface area contributed by atoms with Crippen molar-refractivity contribution < 1.29 is 13.9 Å². The highest BCUT2D eigenvalue weighted by molar-refractivity contribution is 5.30. The van der Waals surface area contributed by atoms with Gasteiger partial charge in [-0.25, -0.2) is 14.4 Å². The van der Waals surface area contributed by atoms with Gasteiger partial charge < -0.3 is 14.4 Å². The summed E-state index contributed by atoms with van der Waals surface area (Å²) in [4.78, 5) is 12.9. The Hall–Kier alpha value is -1.31. The first kappa shape index (κ1) is 16.2. The largest absolute Gasteiger partial charge is 0.381 e. The number of nitrogens with zero attached hydrogens (tertiary/aromatic N) is 4. The number of fused-ring (bicyclic) bond motifs is 1. The lowest BCUT2D eigenvalue weighted by molar-refractivity contribution is 0.0249. The maximum Gasteiger partial charge on any atom is 0.225 e. The van der Waals surface area contributed by atoms with Gasteiger partial charge in [0.05, 0.1) is 25.1 Å². The van der Waals surface area contributed by atoms with E-state index in [-0.39, 0.29) is 6.10 Å². The average Bonchev–Trinajstić information content (AvgIpc) is 2.85. The predicted molar refractivity (Wildman–Crippen MR) is 87.5 cm³/mol. The maximum atomic E-state index is 13.0. The molecule has 0 aromatic carbocycles. The average molecular weight is 336 g/mol. The fourth-order valence-corrected chi connectivity index (χ4v) is 4.11. The molecule has 0 unspecified atom stereocenters. The lowest BCUT2D eigenvalue weighted by Gasteiger charge is -2.39. The zero-order valence-corrected chi connectivity index (χ0v) is 13.9. The second kappa shape index (κ2) is 7.29. The van der Waals surface area contributed by atoms with Crippen LogP contribution in [0.25, 0.3) is 0 Å². The van der Waals surface area contributed by atoms with Crippen molar-refractivity contribution in [1.82, 2.24) is 14.9 Å². The van der Waals surface area contributed by atoms with Gasteiger partial charge in [0.1, 0.15) is 0 Å². The summed E-state index contributed by atoms with van der Waals surface area (Å²) in [6, 6.07) is 0.638. The van der Waals surface area contributed by atoms with Crippen molar-refractivity contribution in [2.75, 3.05) is 50.9 Å². The van der Waals surface area contributed by atoms with Crippen LogP contribution in [0, 0.1) is 11.7 Å². The minimum Gasteiger partial charge on any atom is -0.381 e. The Morgan fingerprint density at radius 2 is 1.79 bits per heavy atom. The minimum absolute atomic E-state index is 0.206. The first-order chi connectivity index (χ1) is 11.8. The van der Waals surface area contributed by atoms with Gasteiger partial charge in [0.15, 0.2) is 5.82 Å². The second-order valence-electron chi connectivity index (χ2n) is 6.94. The molecule has 0 radical (unpaired) electrons. The molecule has 7 heteroatoms. The van der Waals surface area contributed by atoms with Gasteiger partial charge in [0.25, 0.3) is 0 Å². The van der Waals surface area contributed by atoms with Gasteiger partial charge in [-0.15, -0.1) is 0 Å². The fraction of sp³-hybridized carbons (Fsp3) is 0.765. The molecule has 4 rings (SSSR count). The number of halogens is 1. The van der Waals surface area contributed by atoms with Gasteiger partial charge in [-0.3, -0.25) is 4.90 Å². The zero-order chi connectivity index (χ0) is 16.4. The van der Waals surface area contributed by atoms with E-state index in [9.17, 15) is 4.39 Å². The van der Waals surface area contributed by atoms with Gasteiger partial charge in [-0.1, -0.05) is 0 Å². The van der Waals surface area contributed by atoms with Gasteiger partial charge in [-0.2, -0.15) is 0 Å². The van der Waals surface area contributed by atoms with E-state index in [0.717, 1.165) is 65.3 Å². The van der Waals surface area contributed by atoms with Crippen molar-refractivity contribution in [3.63, 3.8) is 0 Å². The Labute approximate surface area is 142 Å². The van der Waals surface area contributed by atoms with E-state index in [4.69, 9.17) is 9.47 Å². The first-order valence-corrected chi connectivity index (χ1v) is 8.95. The number of ether oxygens (including phenoxy) is 2. The van der Waals surface area contributed by atoms with Crippen molar-refractivity contribution in [3.05, 3.63) is 18.2 Å². The molecular formula is C17H25FN4O2. The lowest BCUT2D eigenvalue weighted by atomic mass is 9.92. The molecule has 0 bridgehead atoms. The van der Waals surface area contributed by atoms with Crippen LogP contribution in [0.5, 0.6) is 0 Å². The predicted octanol–water partition coefficient (Wildman–Crippen LogP) is 1.32. The van der Waals surface area contributed by atoms with E-state index < -0.39 is 5.82 Å². The Balaban J connectivity index is 1.39. The zero-order valence-electron chi connectivity index (χ0n) is 13.9. The molecule has 24 heavy (non-hydrogen) atoms. The molecule has 2 atom stereocenters. The second-order valence-corrected chi connectivity index (χ2v) is 6.94. The molecule has 3 fully saturated rings. The van der Waals surface area contributed by atoms with E-state index in [0.29, 0.717) is 17.9 Å². The van der Waals surface area contributed by atoms with Crippen LogP contribution in [0.4, 0.5) is 10.3 Å².